The Bertz CT molecular complexity index is 140. The molecule has 0 rings (SSSR count). The smallest absolute Gasteiger partial charge is 0.321 e. The Morgan fingerprint density at radius 3 is 1.60 bits per heavy atom. The first-order valence-corrected chi connectivity index (χ1v) is 2.17. The van der Waals surface area contributed by atoms with Crippen molar-refractivity contribution in [3.63, 3.8) is 0 Å². The molecule has 0 aliphatic heterocycles. The molecule has 51 valence electrons. The van der Waals surface area contributed by atoms with Crippen LogP contribution in [-0.4, -0.2) is 73.5 Å². The van der Waals surface area contributed by atoms with E-state index in [0.29, 0.717) is 0 Å². The molecule has 0 spiro atoms. The average Bonchev–Trinajstić information content (AvgIpc) is 1.64. The Morgan fingerprint density at radius 1 is 1.30 bits per heavy atom. The minimum absolute atomic E-state index is 0. The first-order chi connectivity index (χ1) is 4.09. The second-order valence-electron chi connectivity index (χ2n) is 1.39. The van der Waals surface area contributed by atoms with E-state index in [9.17, 15) is 9.59 Å². The monoisotopic (exact) mass is 169 g/mol. The Kier molecular flexibility index (Phi) is 7.84. The van der Waals surface area contributed by atoms with Gasteiger partial charge in [0.25, 0.3) is 0 Å². The summed E-state index contributed by atoms with van der Waals surface area (Å²) in [6, 6.07) is 0. The van der Waals surface area contributed by atoms with Gasteiger partial charge in [-0.2, -0.15) is 0 Å². The SMILES string of the molecule is C=CC(C(=O)O)C(=O)O.[K]. The van der Waals surface area contributed by atoms with E-state index in [1.54, 1.807) is 0 Å². The topological polar surface area (TPSA) is 74.6 Å². The Balaban J connectivity index is 0. The van der Waals surface area contributed by atoms with Crippen LogP contribution in [0, 0.1) is 5.92 Å². The molecule has 0 saturated heterocycles. The average molecular weight is 169 g/mol. The third-order valence-corrected chi connectivity index (χ3v) is 0.768. The van der Waals surface area contributed by atoms with Crippen LogP contribution in [0.15, 0.2) is 12.7 Å². The summed E-state index contributed by atoms with van der Waals surface area (Å²) < 4.78 is 0. The van der Waals surface area contributed by atoms with Gasteiger partial charge in [-0.3, -0.25) is 9.59 Å². The molecule has 0 atom stereocenters. The summed E-state index contributed by atoms with van der Waals surface area (Å²) in [7, 11) is 0. The van der Waals surface area contributed by atoms with Crippen LogP contribution in [0.25, 0.3) is 0 Å². The number of rotatable bonds is 3. The van der Waals surface area contributed by atoms with Gasteiger partial charge in [0.2, 0.25) is 0 Å². The van der Waals surface area contributed by atoms with Crippen LogP contribution in [0.1, 0.15) is 0 Å². The fourth-order valence-corrected chi connectivity index (χ4v) is 0.307. The Morgan fingerprint density at radius 2 is 1.60 bits per heavy atom. The number of carbonyl (C=O) groups is 2. The van der Waals surface area contributed by atoms with Gasteiger partial charge in [-0.25, -0.2) is 0 Å². The minimum atomic E-state index is -1.48. The van der Waals surface area contributed by atoms with Crippen LogP contribution in [0.2, 0.25) is 0 Å². The van der Waals surface area contributed by atoms with Crippen LogP contribution in [0.5, 0.6) is 0 Å². The fourth-order valence-electron chi connectivity index (χ4n) is 0.307. The molecule has 0 saturated carbocycles. The van der Waals surface area contributed by atoms with Gasteiger partial charge < -0.3 is 10.2 Å². The van der Waals surface area contributed by atoms with Crippen molar-refractivity contribution in [2.75, 3.05) is 0 Å². The molecule has 10 heavy (non-hydrogen) atoms. The maximum absolute atomic E-state index is 9.92. The molecular formula is C5H6KO4. The van der Waals surface area contributed by atoms with E-state index in [4.69, 9.17) is 10.2 Å². The standard InChI is InChI=1S/C5H6O4.K/c1-2-3(4(6)7)5(8)9;/h2-3H,1H2,(H,6,7)(H,8,9);. The number of carboxylic acids is 2. The quantitative estimate of drug-likeness (QED) is 0.342. The zero-order chi connectivity index (χ0) is 7.44. The molecule has 0 amide bonds. The van der Waals surface area contributed by atoms with E-state index in [1.165, 1.54) is 0 Å². The fraction of sp³-hybridized carbons (Fsp3) is 0.200. The van der Waals surface area contributed by atoms with Crippen LogP contribution < -0.4 is 0 Å². The van der Waals surface area contributed by atoms with Gasteiger partial charge in [0.1, 0.15) is 0 Å². The molecule has 0 aliphatic rings. The third-order valence-electron chi connectivity index (χ3n) is 0.768. The van der Waals surface area contributed by atoms with Crippen molar-refractivity contribution in [1.82, 2.24) is 0 Å². The van der Waals surface area contributed by atoms with Gasteiger partial charge in [-0.1, -0.05) is 6.08 Å². The minimum Gasteiger partial charge on any atom is -0.480 e. The summed E-state index contributed by atoms with van der Waals surface area (Å²) >= 11 is 0. The van der Waals surface area contributed by atoms with Gasteiger partial charge in [-0.05, 0) is 0 Å². The predicted molar refractivity (Wildman–Crippen MR) is 34.7 cm³/mol. The third kappa shape index (κ3) is 4.18. The summed E-state index contributed by atoms with van der Waals surface area (Å²) in [6.07, 6.45) is 0.866. The number of hydrogen-bond donors (Lipinski definition) is 2. The molecule has 0 fully saturated rings. The van der Waals surface area contributed by atoms with E-state index in [1.807, 2.05) is 0 Å². The zero-order valence-electron chi connectivity index (χ0n) is 5.57. The number of aliphatic carboxylic acids is 2. The largest absolute Gasteiger partial charge is 0.480 e. The Hall–Kier alpha value is 0.316. The molecule has 0 aliphatic carbocycles. The van der Waals surface area contributed by atoms with Crippen LogP contribution in [0.3, 0.4) is 0 Å². The van der Waals surface area contributed by atoms with E-state index in [2.05, 4.69) is 6.58 Å². The second kappa shape index (κ2) is 6.05. The molecule has 5 heteroatoms. The van der Waals surface area contributed by atoms with Crippen LogP contribution >= 0.6 is 0 Å². The van der Waals surface area contributed by atoms with Gasteiger partial charge >= 0.3 is 11.9 Å². The van der Waals surface area contributed by atoms with Crippen LogP contribution in [-0.2, 0) is 9.59 Å². The molecule has 4 nitrogen and oxygen atoms in total. The summed E-state index contributed by atoms with van der Waals surface area (Å²) in [6.45, 7) is 3.04. The van der Waals surface area contributed by atoms with E-state index >= 15 is 0 Å². The Labute approximate surface area is 100 Å². The normalized spacial score (nSPS) is 8.10. The summed E-state index contributed by atoms with van der Waals surface area (Å²) in [4.78, 5) is 19.8. The zero-order valence-corrected chi connectivity index (χ0v) is 8.70. The van der Waals surface area contributed by atoms with Crippen molar-refractivity contribution in [2.24, 2.45) is 5.92 Å². The second-order valence-corrected chi connectivity index (χ2v) is 1.39. The summed E-state index contributed by atoms with van der Waals surface area (Å²) in [5.74, 6) is -4.26. The van der Waals surface area contributed by atoms with E-state index in [0.717, 1.165) is 6.08 Å². The van der Waals surface area contributed by atoms with E-state index < -0.39 is 17.9 Å². The molecule has 0 unspecified atom stereocenters. The molecule has 2 N–H and O–H groups in total. The predicted octanol–water partition coefficient (Wildman–Crippen LogP) is -0.423. The first-order valence-electron chi connectivity index (χ1n) is 2.17. The molecular weight excluding hydrogens is 163 g/mol. The summed E-state index contributed by atoms with van der Waals surface area (Å²) in [5, 5.41) is 16.2. The van der Waals surface area contributed by atoms with Gasteiger partial charge in [0.05, 0.1) is 0 Å². The van der Waals surface area contributed by atoms with Crippen molar-refractivity contribution < 1.29 is 19.8 Å². The van der Waals surface area contributed by atoms with Crippen molar-refractivity contribution in [3.05, 3.63) is 12.7 Å². The molecule has 0 aromatic heterocycles. The molecule has 0 bridgehead atoms. The van der Waals surface area contributed by atoms with Gasteiger partial charge in [0, 0.05) is 51.4 Å². The first kappa shape index (κ1) is 12.9. The molecule has 1 radical (unpaired) electrons. The number of hydrogen-bond acceptors (Lipinski definition) is 2. The molecule has 0 aromatic carbocycles. The van der Waals surface area contributed by atoms with Crippen molar-refractivity contribution in [3.8, 4) is 0 Å². The van der Waals surface area contributed by atoms with Crippen LogP contribution in [0.4, 0.5) is 0 Å². The summed E-state index contributed by atoms with van der Waals surface area (Å²) in [5.41, 5.74) is 0. The van der Waals surface area contributed by atoms with Crippen molar-refractivity contribution in [1.29, 1.82) is 0 Å². The molecule has 0 heterocycles. The molecule has 0 aromatic rings. The van der Waals surface area contributed by atoms with Gasteiger partial charge in [-0.15, -0.1) is 6.58 Å². The van der Waals surface area contributed by atoms with Crippen molar-refractivity contribution in [2.45, 2.75) is 0 Å². The van der Waals surface area contributed by atoms with Gasteiger partial charge in [0.15, 0.2) is 5.92 Å². The van der Waals surface area contributed by atoms with Crippen molar-refractivity contribution >= 4 is 63.3 Å². The maximum Gasteiger partial charge on any atom is 0.321 e. The van der Waals surface area contributed by atoms with E-state index in [-0.39, 0.29) is 51.4 Å². The maximum atomic E-state index is 9.92. The number of carboxylic acid groups (broad SMARTS) is 2.